The predicted octanol–water partition coefficient (Wildman–Crippen LogP) is 1.89. The fraction of sp³-hybridized carbons (Fsp3) is 1.00. The van der Waals surface area contributed by atoms with Crippen LogP contribution in [0.3, 0.4) is 0 Å². The van der Waals surface area contributed by atoms with Gasteiger partial charge in [-0.2, -0.15) is 0 Å². The average molecular weight is 287 g/mol. The smallest absolute Gasteiger partial charge is 0.211 e. The maximum absolute atomic E-state index is 11.7. The van der Waals surface area contributed by atoms with E-state index >= 15 is 0 Å². The lowest BCUT2D eigenvalue weighted by Crippen LogP contribution is -2.49. The molecule has 0 radical (unpaired) electrons. The Labute approximate surface area is 112 Å². The third-order valence-electron chi connectivity index (χ3n) is 3.25. The number of sulfonamides is 1. The Balaban J connectivity index is 0. The highest BCUT2D eigenvalue weighted by Gasteiger charge is 2.23. The lowest BCUT2D eigenvalue weighted by molar-refractivity contribution is 0.391. The summed E-state index contributed by atoms with van der Waals surface area (Å²) in [6, 6.07) is 0. The first-order chi connectivity index (χ1) is 7.28. The molecule has 3 N–H and O–H groups in total. The Morgan fingerprint density at radius 1 is 1.24 bits per heavy atom. The molecule has 0 aliphatic carbocycles. The van der Waals surface area contributed by atoms with Crippen LogP contribution in [0.25, 0.3) is 0 Å². The van der Waals surface area contributed by atoms with Crippen LogP contribution in [0.4, 0.5) is 0 Å². The van der Waals surface area contributed by atoms with Gasteiger partial charge in [-0.3, -0.25) is 0 Å². The van der Waals surface area contributed by atoms with Crippen LogP contribution in [-0.2, 0) is 10.0 Å². The zero-order valence-corrected chi connectivity index (χ0v) is 13.0. The molecule has 0 aromatic carbocycles. The molecule has 0 aliphatic heterocycles. The minimum Gasteiger partial charge on any atom is -0.324 e. The zero-order valence-electron chi connectivity index (χ0n) is 11.3. The normalized spacial score (nSPS) is 14.2. The van der Waals surface area contributed by atoms with Crippen molar-refractivity contribution in [3.05, 3.63) is 0 Å². The van der Waals surface area contributed by atoms with Crippen LogP contribution < -0.4 is 10.5 Å². The van der Waals surface area contributed by atoms with Gasteiger partial charge >= 0.3 is 0 Å². The third-order valence-corrected chi connectivity index (χ3v) is 4.85. The zero-order chi connectivity index (χ0) is 12.8. The minimum atomic E-state index is -3.18. The SMILES string of the molecule is CCC(C)CS(=O)(=O)NCC(N)(CC)CC.Cl. The van der Waals surface area contributed by atoms with Gasteiger partial charge in [-0.1, -0.05) is 34.1 Å². The highest BCUT2D eigenvalue weighted by molar-refractivity contribution is 7.89. The molecule has 0 rings (SSSR count). The largest absolute Gasteiger partial charge is 0.324 e. The topological polar surface area (TPSA) is 72.2 Å². The van der Waals surface area contributed by atoms with E-state index in [0.717, 1.165) is 19.3 Å². The van der Waals surface area contributed by atoms with Crippen molar-refractivity contribution in [1.29, 1.82) is 0 Å². The first-order valence-corrected chi connectivity index (χ1v) is 7.70. The number of hydrogen-bond acceptors (Lipinski definition) is 3. The van der Waals surface area contributed by atoms with Gasteiger partial charge in [0, 0.05) is 12.1 Å². The predicted molar refractivity (Wildman–Crippen MR) is 76.0 cm³/mol. The first-order valence-electron chi connectivity index (χ1n) is 6.04. The second-order valence-electron chi connectivity index (χ2n) is 4.69. The van der Waals surface area contributed by atoms with Gasteiger partial charge < -0.3 is 5.73 Å². The van der Waals surface area contributed by atoms with Crippen molar-refractivity contribution in [3.8, 4) is 0 Å². The van der Waals surface area contributed by atoms with Gasteiger partial charge in [-0.25, -0.2) is 13.1 Å². The Morgan fingerprint density at radius 3 is 2.06 bits per heavy atom. The number of halogens is 1. The Morgan fingerprint density at radius 2 is 1.71 bits per heavy atom. The molecule has 17 heavy (non-hydrogen) atoms. The summed E-state index contributed by atoms with van der Waals surface area (Å²) in [6.07, 6.45) is 2.42. The van der Waals surface area contributed by atoms with E-state index in [9.17, 15) is 8.42 Å². The van der Waals surface area contributed by atoms with Crippen molar-refractivity contribution in [2.45, 2.75) is 52.5 Å². The number of nitrogens with two attached hydrogens (primary N) is 1. The van der Waals surface area contributed by atoms with E-state index < -0.39 is 15.6 Å². The summed E-state index contributed by atoms with van der Waals surface area (Å²) >= 11 is 0. The van der Waals surface area contributed by atoms with Gasteiger partial charge in [0.2, 0.25) is 10.0 Å². The molecule has 0 fully saturated rings. The standard InChI is InChI=1S/C11H26N2O2S.ClH/c1-5-10(4)8-16(14,15)13-9-11(12,6-2)7-3;/h10,13H,5-9,12H2,1-4H3;1H. The van der Waals surface area contributed by atoms with Crippen LogP contribution in [0.2, 0.25) is 0 Å². The number of nitrogens with one attached hydrogen (secondary N) is 1. The van der Waals surface area contributed by atoms with E-state index in [1.807, 2.05) is 27.7 Å². The van der Waals surface area contributed by atoms with Crippen LogP contribution >= 0.6 is 12.4 Å². The van der Waals surface area contributed by atoms with Crippen molar-refractivity contribution in [3.63, 3.8) is 0 Å². The van der Waals surface area contributed by atoms with E-state index in [1.54, 1.807) is 0 Å². The molecule has 0 aromatic heterocycles. The molecule has 1 atom stereocenters. The molecule has 0 aliphatic rings. The highest BCUT2D eigenvalue weighted by atomic mass is 35.5. The van der Waals surface area contributed by atoms with Crippen LogP contribution in [0.5, 0.6) is 0 Å². The molecule has 4 nitrogen and oxygen atoms in total. The molecule has 0 amide bonds. The quantitative estimate of drug-likeness (QED) is 0.716. The molecule has 6 heteroatoms. The number of hydrogen-bond donors (Lipinski definition) is 2. The van der Waals surface area contributed by atoms with Crippen LogP contribution in [0.1, 0.15) is 47.0 Å². The Bertz CT molecular complexity index is 290. The summed E-state index contributed by atoms with van der Waals surface area (Å²) in [5.41, 5.74) is 5.63. The van der Waals surface area contributed by atoms with Gasteiger partial charge in [0.05, 0.1) is 5.75 Å². The summed E-state index contributed by atoms with van der Waals surface area (Å²) in [6.45, 7) is 8.22. The molecule has 1 unspecified atom stereocenters. The Hall–Kier alpha value is 0.160. The molecule has 0 spiro atoms. The van der Waals surface area contributed by atoms with Crippen LogP contribution in [0, 0.1) is 5.92 Å². The molecule has 0 heterocycles. The van der Waals surface area contributed by atoms with Crippen molar-refractivity contribution >= 4 is 22.4 Å². The van der Waals surface area contributed by atoms with Gasteiger partial charge in [-0.05, 0) is 18.8 Å². The monoisotopic (exact) mass is 286 g/mol. The molecular formula is C11H27ClN2O2S. The van der Waals surface area contributed by atoms with Crippen LogP contribution in [0.15, 0.2) is 0 Å². The fourth-order valence-electron chi connectivity index (χ4n) is 1.31. The van der Waals surface area contributed by atoms with E-state index in [4.69, 9.17) is 5.73 Å². The Kier molecular flexibility index (Phi) is 9.51. The summed E-state index contributed by atoms with van der Waals surface area (Å²) in [4.78, 5) is 0. The van der Waals surface area contributed by atoms with Gasteiger partial charge in [0.1, 0.15) is 0 Å². The molecule has 0 bridgehead atoms. The average Bonchev–Trinajstić information content (AvgIpc) is 2.25. The van der Waals surface area contributed by atoms with Gasteiger partial charge in [-0.15, -0.1) is 12.4 Å². The highest BCUT2D eigenvalue weighted by Crippen LogP contribution is 2.11. The van der Waals surface area contributed by atoms with Crippen molar-refractivity contribution < 1.29 is 8.42 Å². The molecule has 0 aromatic rings. The van der Waals surface area contributed by atoms with Crippen molar-refractivity contribution in [1.82, 2.24) is 4.72 Å². The molecular weight excluding hydrogens is 260 g/mol. The second-order valence-corrected chi connectivity index (χ2v) is 6.54. The first kappa shape index (κ1) is 19.5. The van der Waals surface area contributed by atoms with E-state index in [1.165, 1.54) is 0 Å². The lowest BCUT2D eigenvalue weighted by atomic mass is 9.95. The van der Waals surface area contributed by atoms with E-state index in [0.29, 0.717) is 6.54 Å². The van der Waals surface area contributed by atoms with Crippen molar-refractivity contribution in [2.24, 2.45) is 11.7 Å². The van der Waals surface area contributed by atoms with Crippen LogP contribution in [-0.4, -0.2) is 26.3 Å². The third kappa shape index (κ3) is 7.97. The molecule has 106 valence electrons. The summed E-state index contributed by atoms with van der Waals surface area (Å²) in [7, 11) is -3.18. The van der Waals surface area contributed by atoms with E-state index in [2.05, 4.69) is 4.72 Å². The second kappa shape index (κ2) is 8.29. The minimum absolute atomic E-state index is 0. The number of rotatable bonds is 8. The van der Waals surface area contributed by atoms with Crippen molar-refractivity contribution in [2.75, 3.05) is 12.3 Å². The molecule has 0 saturated heterocycles. The summed E-state index contributed by atoms with van der Waals surface area (Å²) < 4.78 is 26.0. The lowest BCUT2D eigenvalue weighted by Gasteiger charge is -2.27. The fourth-order valence-corrected chi connectivity index (χ4v) is 2.92. The van der Waals surface area contributed by atoms with Gasteiger partial charge in [0.25, 0.3) is 0 Å². The van der Waals surface area contributed by atoms with Gasteiger partial charge in [0.15, 0.2) is 0 Å². The maximum atomic E-state index is 11.7. The maximum Gasteiger partial charge on any atom is 0.211 e. The summed E-state index contributed by atoms with van der Waals surface area (Å²) in [5.74, 6) is 0.375. The van der Waals surface area contributed by atoms with E-state index in [-0.39, 0.29) is 24.1 Å². The molecule has 0 saturated carbocycles. The summed E-state index contributed by atoms with van der Waals surface area (Å²) in [5, 5.41) is 0.